The van der Waals surface area contributed by atoms with Gasteiger partial charge in [0.2, 0.25) is 0 Å². The van der Waals surface area contributed by atoms with Gasteiger partial charge in [0.05, 0.1) is 11.4 Å². The molecule has 0 aliphatic carbocycles. The van der Waals surface area contributed by atoms with Gasteiger partial charge < -0.3 is 0 Å². The van der Waals surface area contributed by atoms with Crippen LogP contribution in [0.5, 0.6) is 0 Å². The maximum atomic E-state index is 13.8. The van der Waals surface area contributed by atoms with Crippen LogP contribution in [0.25, 0.3) is 16.7 Å². The highest BCUT2D eigenvalue weighted by molar-refractivity contribution is 14.1. The molecule has 1 heterocycles. The molecule has 0 unspecified atom stereocenters. The summed E-state index contributed by atoms with van der Waals surface area (Å²) in [6.07, 6.45) is 0. The molecule has 0 spiro atoms. The lowest BCUT2D eigenvalue weighted by atomic mass is 10.2. The first kappa shape index (κ1) is 12.9. The number of alkyl halides is 1. The van der Waals surface area contributed by atoms with Gasteiger partial charge in [0, 0.05) is 9.26 Å². The third-order valence-corrected chi connectivity index (χ3v) is 3.87. The first-order valence-electron chi connectivity index (χ1n) is 5.68. The summed E-state index contributed by atoms with van der Waals surface area (Å²) in [5.41, 5.74) is 2.03. The van der Waals surface area contributed by atoms with Crippen LogP contribution in [-0.4, -0.2) is 9.55 Å². The van der Waals surface area contributed by atoms with Crippen LogP contribution < -0.4 is 0 Å². The first-order valence-corrected chi connectivity index (χ1v) is 7.30. The number of para-hydroxylation sites is 1. The van der Waals surface area contributed by atoms with Crippen molar-refractivity contribution in [3.63, 3.8) is 0 Å². The fourth-order valence-corrected chi connectivity index (χ4v) is 2.62. The minimum atomic E-state index is -0.326. The van der Waals surface area contributed by atoms with Crippen LogP contribution in [0.3, 0.4) is 0 Å². The Kier molecular flexibility index (Phi) is 3.45. The Morgan fingerprint density at radius 1 is 1.16 bits per heavy atom. The summed E-state index contributed by atoms with van der Waals surface area (Å²) in [5, 5.41) is 0. The van der Waals surface area contributed by atoms with Crippen LogP contribution in [0.1, 0.15) is 5.82 Å². The Labute approximate surface area is 128 Å². The molecule has 96 valence electrons. The van der Waals surface area contributed by atoms with Crippen molar-refractivity contribution in [3.8, 4) is 5.69 Å². The summed E-state index contributed by atoms with van der Waals surface area (Å²) in [7, 11) is 0. The summed E-state index contributed by atoms with van der Waals surface area (Å²) >= 11 is 8.17. The monoisotopic (exact) mass is 386 g/mol. The van der Waals surface area contributed by atoms with Gasteiger partial charge in [-0.1, -0.05) is 6.07 Å². The fraction of sp³-hybridized carbons (Fsp3) is 0.0714. The summed E-state index contributed by atoms with van der Waals surface area (Å²) in [5.74, 6) is 0.552. The molecule has 0 amide bonds. The number of nitrogens with zero attached hydrogens (tertiary/aromatic N) is 2. The second-order valence-electron chi connectivity index (χ2n) is 4.08. The predicted molar refractivity (Wildman–Crippen MR) is 83.3 cm³/mol. The van der Waals surface area contributed by atoms with Gasteiger partial charge in [-0.05, 0) is 59.0 Å². The summed E-state index contributed by atoms with van der Waals surface area (Å²) < 4.78 is 16.8. The highest BCUT2D eigenvalue weighted by atomic mass is 127. The quantitative estimate of drug-likeness (QED) is 0.468. The normalized spacial score (nSPS) is 11.1. The van der Waals surface area contributed by atoms with Crippen LogP contribution in [0, 0.1) is 9.39 Å². The lowest BCUT2D eigenvalue weighted by Gasteiger charge is -2.07. The third-order valence-electron chi connectivity index (χ3n) is 2.91. The molecule has 3 aromatic rings. The van der Waals surface area contributed by atoms with Crippen molar-refractivity contribution in [1.29, 1.82) is 0 Å². The minimum Gasteiger partial charge on any atom is -0.295 e. The molecule has 2 aromatic carbocycles. The Morgan fingerprint density at radius 3 is 2.58 bits per heavy atom. The van der Waals surface area contributed by atoms with Crippen molar-refractivity contribution < 1.29 is 4.39 Å². The number of rotatable bonds is 2. The topological polar surface area (TPSA) is 17.8 Å². The molecular formula is C14H9ClFIN2. The van der Waals surface area contributed by atoms with E-state index in [9.17, 15) is 4.39 Å². The minimum absolute atomic E-state index is 0.236. The zero-order chi connectivity index (χ0) is 13.4. The van der Waals surface area contributed by atoms with Gasteiger partial charge in [0.1, 0.15) is 11.3 Å². The lowest BCUT2D eigenvalue weighted by molar-refractivity contribution is 0.637. The van der Waals surface area contributed by atoms with E-state index in [1.807, 2.05) is 34.9 Å². The van der Waals surface area contributed by atoms with E-state index < -0.39 is 0 Å². The number of imidazole rings is 1. The first-order chi connectivity index (χ1) is 9.20. The molecule has 0 saturated heterocycles. The summed E-state index contributed by atoms with van der Waals surface area (Å²) in [6.45, 7) is 0. The Hall–Kier alpha value is -1.14. The van der Waals surface area contributed by atoms with E-state index in [1.165, 1.54) is 6.07 Å². The van der Waals surface area contributed by atoms with E-state index in [2.05, 4.69) is 27.6 Å². The van der Waals surface area contributed by atoms with Crippen molar-refractivity contribution in [2.45, 2.75) is 5.88 Å². The summed E-state index contributed by atoms with van der Waals surface area (Å²) in [6, 6.07) is 12.9. The number of hydrogen-bond donors (Lipinski definition) is 0. The molecule has 5 heteroatoms. The van der Waals surface area contributed by atoms with Gasteiger partial charge in [-0.15, -0.1) is 11.6 Å². The molecule has 19 heavy (non-hydrogen) atoms. The van der Waals surface area contributed by atoms with E-state index in [-0.39, 0.29) is 11.7 Å². The molecule has 3 rings (SSSR count). The zero-order valence-corrected chi connectivity index (χ0v) is 12.7. The van der Waals surface area contributed by atoms with E-state index in [1.54, 1.807) is 6.07 Å². The molecule has 2 nitrogen and oxygen atoms in total. The van der Waals surface area contributed by atoms with Gasteiger partial charge in [-0.2, -0.15) is 0 Å². The smallest absolute Gasteiger partial charge is 0.151 e. The molecule has 0 fully saturated rings. The van der Waals surface area contributed by atoms with Crippen LogP contribution in [-0.2, 0) is 5.88 Å². The second-order valence-corrected chi connectivity index (χ2v) is 5.59. The van der Waals surface area contributed by atoms with Crippen LogP contribution >= 0.6 is 34.2 Å². The Bertz CT molecular complexity index is 737. The molecule has 1 aromatic heterocycles. The van der Waals surface area contributed by atoms with Gasteiger partial charge in [0.25, 0.3) is 0 Å². The SMILES string of the molecule is Fc1cccc2c1nc(CCl)n2-c1ccc(I)cc1. The summed E-state index contributed by atoms with van der Waals surface area (Å²) in [4.78, 5) is 4.28. The predicted octanol–water partition coefficient (Wildman–Crippen LogP) is 4.51. The molecule has 0 radical (unpaired) electrons. The number of halogens is 3. The van der Waals surface area contributed by atoms with Gasteiger partial charge in [-0.3, -0.25) is 4.57 Å². The van der Waals surface area contributed by atoms with Crippen molar-refractivity contribution in [2.24, 2.45) is 0 Å². The number of benzene rings is 2. The lowest BCUT2D eigenvalue weighted by Crippen LogP contribution is -1.99. The van der Waals surface area contributed by atoms with E-state index in [0.29, 0.717) is 11.3 Å². The maximum Gasteiger partial charge on any atom is 0.151 e. The largest absolute Gasteiger partial charge is 0.295 e. The van der Waals surface area contributed by atoms with E-state index in [4.69, 9.17) is 11.6 Å². The van der Waals surface area contributed by atoms with Crippen molar-refractivity contribution >= 4 is 45.2 Å². The Balaban J connectivity index is 2.32. The van der Waals surface area contributed by atoms with Crippen LogP contribution in [0.2, 0.25) is 0 Å². The molecule has 0 aliphatic rings. The van der Waals surface area contributed by atoms with Crippen molar-refractivity contribution in [2.75, 3.05) is 0 Å². The third kappa shape index (κ3) is 2.23. The average molecular weight is 387 g/mol. The highest BCUT2D eigenvalue weighted by Gasteiger charge is 2.14. The van der Waals surface area contributed by atoms with Gasteiger partial charge in [-0.25, -0.2) is 9.37 Å². The molecule has 0 saturated carbocycles. The maximum absolute atomic E-state index is 13.8. The zero-order valence-electron chi connectivity index (χ0n) is 9.78. The van der Waals surface area contributed by atoms with Crippen LogP contribution in [0.15, 0.2) is 42.5 Å². The fourth-order valence-electron chi connectivity index (χ4n) is 2.08. The van der Waals surface area contributed by atoms with E-state index >= 15 is 0 Å². The number of hydrogen-bond acceptors (Lipinski definition) is 1. The molecule has 0 N–H and O–H groups in total. The molecule has 0 atom stereocenters. The van der Waals surface area contributed by atoms with Gasteiger partial charge in [0.15, 0.2) is 5.82 Å². The molecule has 0 aliphatic heterocycles. The second kappa shape index (κ2) is 5.09. The average Bonchev–Trinajstić information content (AvgIpc) is 2.80. The van der Waals surface area contributed by atoms with Gasteiger partial charge >= 0.3 is 0 Å². The number of fused-ring (bicyclic) bond motifs is 1. The molecule has 0 bridgehead atoms. The van der Waals surface area contributed by atoms with E-state index in [0.717, 1.165) is 14.8 Å². The highest BCUT2D eigenvalue weighted by Crippen LogP contribution is 2.24. The van der Waals surface area contributed by atoms with Crippen molar-refractivity contribution in [1.82, 2.24) is 9.55 Å². The number of aromatic nitrogens is 2. The van der Waals surface area contributed by atoms with Crippen molar-refractivity contribution in [3.05, 3.63) is 57.7 Å². The molecular weight excluding hydrogens is 378 g/mol. The Morgan fingerprint density at radius 2 is 1.89 bits per heavy atom. The standard InChI is InChI=1S/C14H9ClFIN2/c15-8-13-18-14-11(16)2-1-3-12(14)19(13)10-6-4-9(17)5-7-10/h1-7H,8H2. The van der Waals surface area contributed by atoms with Crippen LogP contribution in [0.4, 0.5) is 4.39 Å².